The Morgan fingerprint density at radius 1 is 1.08 bits per heavy atom. The maximum atomic E-state index is 5.96. The maximum absolute atomic E-state index is 5.96. The molecule has 5 heteroatoms. The summed E-state index contributed by atoms with van der Waals surface area (Å²) in [5, 5.41) is 4.14. The molecule has 0 heterocycles. The van der Waals surface area contributed by atoms with Crippen molar-refractivity contribution in [3.8, 4) is 11.5 Å². The van der Waals surface area contributed by atoms with Crippen LogP contribution in [0.2, 0.25) is 5.02 Å². The Kier molecular flexibility index (Phi) is 7.40. The maximum Gasteiger partial charge on any atom is 0.162 e. The number of rotatable bonds is 8. The van der Waals surface area contributed by atoms with Gasteiger partial charge in [-0.15, -0.1) is 0 Å². The molecule has 0 aliphatic carbocycles. The van der Waals surface area contributed by atoms with Crippen LogP contribution in [0.5, 0.6) is 11.5 Å². The number of halogens is 2. The molecule has 0 radical (unpaired) electrons. The summed E-state index contributed by atoms with van der Waals surface area (Å²) in [4.78, 5) is 0. The first-order chi connectivity index (χ1) is 11.5. The number of hydrogen-bond acceptors (Lipinski definition) is 3. The van der Waals surface area contributed by atoms with E-state index in [2.05, 4.69) is 35.1 Å². The lowest BCUT2D eigenvalue weighted by molar-refractivity contribution is 0.269. The molecule has 0 unspecified atom stereocenters. The van der Waals surface area contributed by atoms with Gasteiger partial charge in [0.2, 0.25) is 0 Å². The minimum Gasteiger partial charge on any atom is -0.490 e. The van der Waals surface area contributed by atoms with Gasteiger partial charge in [0, 0.05) is 22.1 Å². The lowest BCUT2D eigenvalue weighted by atomic mass is 10.2. The second kappa shape index (κ2) is 9.30. The van der Waals surface area contributed by atoms with Crippen molar-refractivity contribution in [2.75, 3.05) is 6.61 Å². The van der Waals surface area contributed by atoms with E-state index in [0.717, 1.165) is 38.7 Å². The summed E-state index contributed by atoms with van der Waals surface area (Å²) in [6.07, 6.45) is 0. The summed E-state index contributed by atoms with van der Waals surface area (Å²) < 4.78 is 12.7. The Morgan fingerprint density at radius 3 is 2.38 bits per heavy atom. The smallest absolute Gasteiger partial charge is 0.162 e. The number of hydrogen-bond donors (Lipinski definition) is 1. The third-order valence-electron chi connectivity index (χ3n) is 3.42. The summed E-state index contributed by atoms with van der Waals surface area (Å²) in [6.45, 7) is 8.05. The standard InChI is InChI=1S/C19H23BrClNO2/c1-4-23-18-9-15(11-22-13(2)3)17(20)10-19(18)24-12-14-5-7-16(21)8-6-14/h5-10,13,22H,4,11-12H2,1-3H3. The Morgan fingerprint density at radius 2 is 1.75 bits per heavy atom. The van der Waals surface area contributed by atoms with E-state index in [1.807, 2.05) is 43.3 Å². The molecule has 0 bridgehead atoms. The topological polar surface area (TPSA) is 30.5 Å². The van der Waals surface area contributed by atoms with Gasteiger partial charge >= 0.3 is 0 Å². The number of benzene rings is 2. The minimum absolute atomic E-state index is 0.424. The summed E-state index contributed by atoms with van der Waals surface area (Å²) >= 11 is 9.54. The molecule has 0 saturated heterocycles. The molecule has 0 fully saturated rings. The molecule has 0 aromatic heterocycles. The Hall–Kier alpha value is -1.23. The van der Waals surface area contributed by atoms with Gasteiger partial charge in [0.1, 0.15) is 6.61 Å². The van der Waals surface area contributed by atoms with Gasteiger partial charge in [-0.05, 0) is 42.3 Å². The molecule has 0 aliphatic heterocycles. The second-order valence-electron chi connectivity index (χ2n) is 5.77. The fourth-order valence-electron chi connectivity index (χ4n) is 2.15. The van der Waals surface area contributed by atoms with Crippen LogP contribution in [-0.4, -0.2) is 12.6 Å². The highest BCUT2D eigenvalue weighted by atomic mass is 79.9. The van der Waals surface area contributed by atoms with Crippen LogP contribution in [0.25, 0.3) is 0 Å². The predicted octanol–water partition coefficient (Wildman–Crippen LogP) is 5.58. The van der Waals surface area contributed by atoms with Crippen molar-refractivity contribution >= 4 is 27.5 Å². The Bertz CT molecular complexity index is 659. The fourth-order valence-corrected chi connectivity index (χ4v) is 2.74. The normalized spacial score (nSPS) is 10.9. The molecule has 130 valence electrons. The first kappa shape index (κ1) is 19.1. The molecule has 0 atom stereocenters. The number of ether oxygens (including phenoxy) is 2. The average Bonchev–Trinajstić information content (AvgIpc) is 2.55. The van der Waals surface area contributed by atoms with Gasteiger partial charge in [-0.2, -0.15) is 0 Å². The molecule has 0 saturated carbocycles. The fraction of sp³-hybridized carbons (Fsp3) is 0.368. The van der Waals surface area contributed by atoms with Crippen molar-refractivity contribution in [3.05, 3.63) is 57.0 Å². The van der Waals surface area contributed by atoms with E-state index in [0.29, 0.717) is 19.3 Å². The highest BCUT2D eigenvalue weighted by molar-refractivity contribution is 9.10. The van der Waals surface area contributed by atoms with E-state index >= 15 is 0 Å². The van der Waals surface area contributed by atoms with Crippen molar-refractivity contribution in [2.24, 2.45) is 0 Å². The van der Waals surface area contributed by atoms with Crippen LogP contribution in [0.3, 0.4) is 0 Å². The van der Waals surface area contributed by atoms with Crippen molar-refractivity contribution in [1.29, 1.82) is 0 Å². The molecule has 0 spiro atoms. The van der Waals surface area contributed by atoms with E-state index in [1.165, 1.54) is 0 Å². The molecule has 0 amide bonds. The molecule has 2 aromatic rings. The molecule has 1 N–H and O–H groups in total. The quantitative estimate of drug-likeness (QED) is 0.614. The summed E-state index contributed by atoms with van der Waals surface area (Å²) in [5.41, 5.74) is 2.20. The van der Waals surface area contributed by atoms with Crippen LogP contribution in [0.1, 0.15) is 31.9 Å². The van der Waals surface area contributed by atoms with Crippen molar-refractivity contribution < 1.29 is 9.47 Å². The van der Waals surface area contributed by atoms with Gasteiger partial charge in [-0.25, -0.2) is 0 Å². The zero-order valence-corrected chi connectivity index (χ0v) is 16.6. The van der Waals surface area contributed by atoms with Crippen LogP contribution >= 0.6 is 27.5 Å². The minimum atomic E-state index is 0.424. The van der Waals surface area contributed by atoms with Crippen LogP contribution < -0.4 is 14.8 Å². The van der Waals surface area contributed by atoms with Crippen LogP contribution in [-0.2, 0) is 13.2 Å². The summed E-state index contributed by atoms with van der Waals surface area (Å²) in [5.74, 6) is 1.49. The molecular weight excluding hydrogens is 390 g/mol. The monoisotopic (exact) mass is 411 g/mol. The zero-order chi connectivity index (χ0) is 17.5. The Balaban J connectivity index is 2.15. The second-order valence-corrected chi connectivity index (χ2v) is 7.06. The number of nitrogens with one attached hydrogen (secondary N) is 1. The molecule has 2 aromatic carbocycles. The van der Waals surface area contributed by atoms with Gasteiger partial charge in [0.15, 0.2) is 11.5 Å². The molecular formula is C19H23BrClNO2. The van der Waals surface area contributed by atoms with E-state index in [4.69, 9.17) is 21.1 Å². The van der Waals surface area contributed by atoms with Crippen molar-refractivity contribution in [3.63, 3.8) is 0 Å². The van der Waals surface area contributed by atoms with Crippen LogP contribution in [0.4, 0.5) is 0 Å². The third kappa shape index (κ3) is 5.69. The van der Waals surface area contributed by atoms with Gasteiger partial charge in [0.05, 0.1) is 6.61 Å². The van der Waals surface area contributed by atoms with Gasteiger partial charge in [0.25, 0.3) is 0 Å². The van der Waals surface area contributed by atoms with E-state index < -0.39 is 0 Å². The lowest BCUT2D eigenvalue weighted by Crippen LogP contribution is -2.22. The highest BCUT2D eigenvalue weighted by Gasteiger charge is 2.11. The van der Waals surface area contributed by atoms with Gasteiger partial charge < -0.3 is 14.8 Å². The van der Waals surface area contributed by atoms with E-state index in [1.54, 1.807) is 0 Å². The highest BCUT2D eigenvalue weighted by Crippen LogP contribution is 2.34. The lowest BCUT2D eigenvalue weighted by Gasteiger charge is -2.16. The molecule has 3 nitrogen and oxygen atoms in total. The zero-order valence-electron chi connectivity index (χ0n) is 14.2. The largest absolute Gasteiger partial charge is 0.490 e. The first-order valence-electron chi connectivity index (χ1n) is 8.05. The average molecular weight is 413 g/mol. The Labute approximate surface area is 157 Å². The first-order valence-corrected chi connectivity index (χ1v) is 9.22. The molecule has 0 aliphatic rings. The van der Waals surface area contributed by atoms with Gasteiger partial charge in [-0.1, -0.05) is 53.5 Å². The third-order valence-corrected chi connectivity index (χ3v) is 4.41. The van der Waals surface area contributed by atoms with E-state index in [-0.39, 0.29) is 0 Å². The predicted molar refractivity (Wildman–Crippen MR) is 103 cm³/mol. The SMILES string of the molecule is CCOc1cc(CNC(C)C)c(Br)cc1OCc1ccc(Cl)cc1. The molecule has 24 heavy (non-hydrogen) atoms. The van der Waals surface area contributed by atoms with Crippen molar-refractivity contribution in [1.82, 2.24) is 5.32 Å². The summed E-state index contributed by atoms with van der Waals surface area (Å²) in [7, 11) is 0. The summed E-state index contributed by atoms with van der Waals surface area (Å²) in [6, 6.07) is 12.1. The molecule has 2 rings (SSSR count). The van der Waals surface area contributed by atoms with Crippen LogP contribution in [0.15, 0.2) is 40.9 Å². The van der Waals surface area contributed by atoms with Gasteiger partial charge in [-0.3, -0.25) is 0 Å². The van der Waals surface area contributed by atoms with Crippen molar-refractivity contribution in [2.45, 2.75) is 40.0 Å². The van der Waals surface area contributed by atoms with E-state index in [9.17, 15) is 0 Å². The van der Waals surface area contributed by atoms with Crippen LogP contribution in [0, 0.1) is 0 Å².